The third kappa shape index (κ3) is 3.74. The molecule has 3 rings (SSSR count). The first-order chi connectivity index (χ1) is 13.9. The van der Waals surface area contributed by atoms with E-state index in [2.05, 4.69) is 15.5 Å². The number of ether oxygens (including phenoxy) is 2. The lowest BCUT2D eigenvalue weighted by atomic mass is 10.2. The third-order valence-corrected chi connectivity index (χ3v) is 4.36. The van der Waals surface area contributed by atoms with Gasteiger partial charge in [-0.15, -0.1) is 0 Å². The second kappa shape index (κ2) is 8.00. The first kappa shape index (κ1) is 19.9. The van der Waals surface area contributed by atoms with Crippen molar-refractivity contribution >= 4 is 23.3 Å². The maximum atomic E-state index is 12.4. The molecule has 0 aliphatic rings. The molecule has 0 bridgehead atoms. The predicted molar refractivity (Wildman–Crippen MR) is 105 cm³/mol. The number of rotatable bonds is 6. The highest BCUT2D eigenvalue weighted by atomic mass is 16.5. The monoisotopic (exact) mass is 400 g/mol. The zero-order valence-electron chi connectivity index (χ0n) is 16.4. The number of benzene rings is 1. The van der Waals surface area contributed by atoms with Crippen LogP contribution in [0.15, 0.2) is 39.2 Å². The predicted octanol–water partition coefficient (Wildman–Crippen LogP) is -0.399. The van der Waals surface area contributed by atoms with E-state index in [9.17, 15) is 14.4 Å². The maximum Gasteiger partial charge on any atom is 0.332 e. The Bertz CT molecular complexity index is 1220. The van der Waals surface area contributed by atoms with Crippen LogP contribution in [0.5, 0.6) is 11.5 Å². The van der Waals surface area contributed by atoms with E-state index in [1.807, 2.05) is 0 Å². The van der Waals surface area contributed by atoms with Crippen molar-refractivity contribution < 1.29 is 14.3 Å². The van der Waals surface area contributed by atoms with Crippen LogP contribution in [0.3, 0.4) is 0 Å². The molecule has 11 heteroatoms. The van der Waals surface area contributed by atoms with Gasteiger partial charge in [0.2, 0.25) is 0 Å². The van der Waals surface area contributed by atoms with Crippen LogP contribution in [0, 0.1) is 0 Å². The van der Waals surface area contributed by atoms with Crippen molar-refractivity contribution in [1.29, 1.82) is 0 Å². The van der Waals surface area contributed by atoms with Crippen LogP contribution < -0.4 is 26.1 Å². The Morgan fingerprint density at radius 2 is 1.97 bits per heavy atom. The van der Waals surface area contributed by atoms with Gasteiger partial charge in [-0.25, -0.2) is 15.2 Å². The van der Waals surface area contributed by atoms with Gasteiger partial charge in [-0.1, -0.05) is 0 Å². The molecular formula is C18H20N6O5. The second-order valence-electron chi connectivity index (χ2n) is 6.15. The first-order valence-corrected chi connectivity index (χ1v) is 8.52. The number of hydrogen-bond acceptors (Lipinski definition) is 7. The lowest BCUT2D eigenvalue weighted by Gasteiger charge is -2.07. The van der Waals surface area contributed by atoms with E-state index in [0.29, 0.717) is 17.1 Å². The number of aryl methyl sites for hydroxylation is 1. The number of nitrogens with one attached hydrogen (secondary N) is 1. The summed E-state index contributed by atoms with van der Waals surface area (Å²) in [5.41, 5.74) is 2.38. The molecule has 0 fully saturated rings. The number of nitrogens with zero attached hydrogens (tertiary/aromatic N) is 5. The van der Waals surface area contributed by atoms with Crippen LogP contribution in [-0.4, -0.2) is 45.0 Å². The van der Waals surface area contributed by atoms with Crippen molar-refractivity contribution in [2.45, 2.75) is 6.54 Å². The number of methoxy groups -OCH3 is 2. The van der Waals surface area contributed by atoms with E-state index >= 15 is 0 Å². The number of carbonyl (C=O) groups excluding carboxylic acids is 1. The highest BCUT2D eigenvalue weighted by Gasteiger charge is 2.15. The van der Waals surface area contributed by atoms with Crippen LogP contribution in [0.4, 0.5) is 0 Å². The summed E-state index contributed by atoms with van der Waals surface area (Å²) in [4.78, 5) is 40.7. The van der Waals surface area contributed by atoms with Gasteiger partial charge in [0, 0.05) is 25.7 Å². The highest BCUT2D eigenvalue weighted by molar-refractivity contribution is 5.86. The fourth-order valence-corrected chi connectivity index (χ4v) is 2.81. The molecule has 0 spiro atoms. The Morgan fingerprint density at radius 1 is 1.21 bits per heavy atom. The molecular weight excluding hydrogens is 380 g/mol. The Balaban J connectivity index is 1.78. The van der Waals surface area contributed by atoms with E-state index in [0.717, 1.165) is 4.57 Å². The van der Waals surface area contributed by atoms with Gasteiger partial charge < -0.3 is 14.0 Å². The highest BCUT2D eigenvalue weighted by Crippen LogP contribution is 2.22. The van der Waals surface area contributed by atoms with Crippen molar-refractivity contribution in [3.05, 3.63) is 50.9 Å². The van der Waals surface area contributed by atoms with Gasteiger partial charge in [0.25, 0.3) is 11.5 Å². The number of amides is 1. The molecule has 0 saturated carbocycles. The summed E-state index contributed by atoms with van der Waals surface area (Å²) in [7, 11) is 5.94. The molecule has 1 N–H and O–H groups in total. The van der Waals surface area contributed by atoms with Crippen LogP contribution in [0.2, 0.25) is 0 Å². The zero-order chi connectivity index (χ0) is 21.1. The molecule has 1 aromatic carbocycles. The van der Waals surface area contributed by atoms with E-state index < -0.39 is 17.2 Å². The molecule has 0 radical (unpaired) electrons. The maximum absolute atomic E-state index is 12.4. The summed E-state index contributed by atoms with van der Waals surface area (Å²) in [6, 6.07) is 5.17. The van der Waals surface area contributed by atoms with Gasteiger partial charge in [0.15, 0.2) is 11.2 Å². The van der Waals surface area contributed by atoms with Crippen molar-refractivity contribution in [2.75, 3.05) is 14.2 Å². The standard InChI is InChI=1S/C18H20N6O5/c1-22-16-15(17(26)23(2)18(22)27)24(10-19-16)9-14(25)21-20-8-11-5-6-12(28-3)7-13(11)29-4/h5-8,10H,9H2,1-4H3,(H,21,25)/b20-8+. The molecule has 3 aromatic rings. The lowest BCUT2D eigenvalue weighted by molar-refractivity contribution is -0.121. The molecule has 0 saturated heterocycles. The van der Waals surface area contributed by atoms with Gasteiger partial charge >= 0.3 is 5.69 Å². The van der Waals surface area contributed by atoms with Crippen LogP contribution in [-0.2, 0) is 25.4 Å². The minimum absolute atomic E-state index is 0.158. The normalized spacial score (nSPS) is 11.2. The molecule has 152 valence electrons. The summed E-state index contributed by atoms with van der Waals surface area (Å²) in [5.74, 6) is 0.697. The molecule has 2 aromatic heterocycles. The van der Waals surface area contributed by atoms with Crippen molar-refractivity contribution in [2.24, 2.45) is 19.2 Å². The Hall–Kier alpha value is -3.89. The van der Waals surface area contributed by atoms with E-state index in [-0.39, 0.29) is 17.7 Å². The third-order valence-electron chi connectivity index (χ3n) is 4.36. The van der Waals surface area contributed by atoms with Crippen LogP contribution >= 0.6 is 0 Å². The molecule has 0 aliphatic carbocycles. The minimum Gasteiger partial charge on any atom is -0.497 e. The van der Waals surface area contributed by atoms with Crippen molar-refractivity contribution in [3.8, 4) is 11.5 Å². The molecule has 0 aliphatic heterocycles. The lowest BCUT2D eigenvalue weighted by Crippen LogP contribution is -2.38. The Morgan fingerprint density at radius 3 is 2.66 bits per heavy atom. The number of imidazole rings is 1. The fourth-order valence-electron chi connectivity index (χ4n) is 2.81. The first-order valence-electron chi connectivity index (χ1n) is 8.52. The van der Waals surface area contributed by atoms with E-state index in [1.165, 1.54) is 42.9 Å². The number of hydrazone groups is 1. The van der Waals surface area contributed by atoms with Gasteiger partial charge in [0.05, 0.1) is 26.8 Å². The molecule has 0 atom stereocenters. The second-order valence-corrected chi connectivity index (χ2v) is 6.15. The average molecular weight is 400 g/mol. The zero-order valence-corrected chi connectivity index (χ0v) is 16.4. The van der Waals surface area contributed by atoms with Crippen molar-refractivity contribution in [3.63, 3.8) is 0 Å². The van der Waals surface area contributed by atoms with Gasteiger partial charge in [-0.2, -0.15) is 5.10 Å². The molecule has 2 heterocycles. The van der Waals surface area contributed by atoms with Gasteiger partial charge in [-0.05, 0) is 12.1 Å². The number of carbonyl (C=O) groups is 1. The molecule has 29 heavy (non-hydrogen) atoms. The van der Waals surface area contributed by atoms with E-state index in [1.54, 1.807) is 25.3 Å². The molecule has 11 nitrogen and oxygen atoms in total. The summed E-state index contributed by atoms with van der Waals surface area (Å²) in [6.07, 6.45) is 2.77. The number of fused-ring (bicyclic) bond motifs is 1. The fraction of sp³-hybridized carbons (Fsp3) is 0.278. The van der Waals surface area contributed by atoms with E-state index in [4.69, 9.17) is 9.47 Å². The molecule has 1 amide bonds. The van der Waals surface area contributed by atoms with Gasteiger partial charge in [0.1, 0.15) is 18.0 Å². The topological polar surface area (TPSA) is 122 Å². The Labute approximate surface area is 164 Å². The summed E-state index contributed by atoms with van der Waals surface area (Å²) in [5, 5.41) is 3.92. The SMILES string of the molecule is COc1ccc(/C=N/NC(=O)Cn2cnc3c2c(=O)n(C)c(=O)n3C)c(OC)c1. The minimum atomic E-state index is -0.528. The Kier molecular flexibility index (Phi) is 5.48. The summed E-state index contributed by atoms with van der Waals surface area (Å²) in [6.45, 7) is -0.193. The quantitative estimate of drug-likeness (QED) is 0.444. The smallest absolute Gasteiger partial charge is 0.332 e. The number of hydrogen-bond donors (Lipinski definition) is 1. The average Bonchev–Trinajstić information content (AvgIpc) is 3.14. The summed E-state index contributed by atoms with van der Waals surface area (Å²) >= 11 is 0. The van der Waals surface area contributed by atoms with Gasteiger partial charge in [-0.3, -0.25) is 18.7 Å². The largest absolute Gasteiger partial charge is 0.497 e. The van der Waals surface area contributed by atoms with Crippen LogP contribution in [0.1, 0.15) is 5.56 Å². The van der Waals surface area contributed by atoms with Crippen LogP contribution in [0.25, 0.3) is 11.2 Å². The van der Waals surface area contributed by atoms with Crippen molar-refractivity contribution in [1.82, 2.24) is 24.1 Å². The summed E-state index contributed by atoms with van der Waals surface area (Å²) < 4.78 is 14.0. The molecule has 0 unspecified atom stereocenters. The number of aromatic nitrogens is 4.